The normalized spacial score (nSPS) is 16.5. The van der Waals surface area contributed by atoms with Gasteiger partial charge in [0.1, 0.15) is 17.0 Å². The lowest BCUT2D eigenvalue weighted by Crippen LogP contribution is -2.68. The molecular weight excluding hydrogens is 701 g/mol. The van der Waals surface area contributed by atoms with Gasteiger partial charge in [0.15, 0.2) is 0 Å². The largest absolute Gasteiger partial charge is 0.462 e. The fourth-order valence-corrected chi connectivity index (χ4v) is 11.9. The van der Waals surface area contributed by atoms with Gasteiger partial charge < -0.3 is 34.3 Å². The highest BCUT2D eigenvalue weighted by Crippen LogP contribution is 2.37. The standard InChI is InChI=1S/C40H52N8O5Si/c1-8-51-35(49)32-24-43-37(45-34(32)41)48-22-21-46(36-42-23-28-25-47(20-19-33(28)44-36)38(50)53-39(2,3)4)26-29(48)27-52-54(40(5,6)7,30-15-11-9-12-16-30)31-17-13-10-14-18-31/h9-18,23-24,29H,8,19-22,25-27H2,1-7H3,(H2,41,43,45). The second-order valence-corrected chi connectivity index (χ2v) is 20.1. The number of nitrogens with two attached hydrogens (primary N) is 1. The molecule has 2 N–H and O–H groups in total. The fraction of sp³-hybridized carbons (Fsp3) is 0.450. The highest BCUT2D eigenvalue weighted by molar-refractivity contribution is 6.99. The van der Waals surface area contributed by atoms with Gasteiger partial charge in [0.25, 0.3) is 8.32 Å². The zero-order valence-electron chi connectivity index (χ0n) is 32.4. The lowest BCUT2D eigenvalue weighted by atomic mass is 10.1. The number of carbonyl (C=O) groups excluding carboxylic acids is 2. The van der Waals surface area contributed by atoms with Crippen molar-refractivity contribution in [3.05, 3.63) is 89.9 Å². The van der Waals surface area contributed by atoms with Crippen LogP contribution in [0.1, 0.15) is 70.1 Å². The van der Waals surface area contributed by atoms with E-state index in [-0.39, 0.29) is 35.2 Å². The highest BCUT2D eigenvalue weighted by Gasteiger charge is 2.51. The molecule has 14 heteroatoms. The van der Waals surface area contributed by atoms with Crippen molar-refractivity contribution in [2.24, 2.45) is 0 Å². The van der Waals surface area contributed by atoms with Crippen LogP contribution in [-0.2, 0) is 26.9 Å². The Bertz CT molecular complexity index is 1900. The number of carbonyl (C=O) groups is 2. The summed E-state index contributed by atoms with van der Waals surface area (Å²) >= 11 is 0. The van der Waals surface area contributed by atoms with Crippen molar-refractivity contribution in [3.8, 4) is 0 Å². The Labute approximate surface area is 319 Å². The average Bonchev–Trinajstić information content (AvgIpc) is 3.14. The summed E-state index contributed by atoms with van der Waals surface area (Å²) in [4.78, 5) is 50.4. The highest BCUT2D eigenvalue weighted by atomic mass is 28.4. The summed E-state index contributed by atoms with van der Waals surface area (Å²) in [6, 6.07) is 20.8. The van der Waals surface area contributed by atoms with Crippen LogP contribution in [-0.4, -0.2) is 96.3 Å². The maximum atomic E-state index is 12.8. The monoisotopic (exact) mass is 752 g/mol. The third-order valence-electron chi connectivity index (χ3n) is 9.81. The van der Waals surface area contributed by atoms with Crippen LogP contribution >= 0.6 is 0 Å². The zero-order valence-corrected chi connectivity index (χ0v) is 33.4. The molecule has 286 valence electrons. The van der Waals surface area contributed by atoms with E-state index in [1.54, 1.807) is 11.8 Å². The number of benzene rings is 2. The minimum atomic E-state index is -2.91. The zero-order chi connectivity index (χ0) is 38.7. The molecule has 0 saturated carbocycles. The maximum Gasteiger partial charge on any atom is 0.410 e. The molecule has 1 saturated heterocycles. The van der Waals surface area contributed by atoms with Crippen molar-refractivity contribution in [2.45, 2.75) is 78.1 Å². The van der Waals surface area contributed by atoms with Crippen LogP contribution in [0, 0.1) is 0 Å². The quantitative estimate of drug-likeness (QED) is 0.188. The number of esters is 1. The Kier molecular flexibility index (Phi) is 11.2. The van der Waals surface area contributed by atoms with E-state index in [2.05, 4.69) is 89.1 Å². The lowest BCUT2D eigenvalue weighted by molar-refractivity contribution is 0.0222. The summed E-state index contributed by atoms with van der Waals surface area (Å²) in [6.07, 6.45) is 3.53. The van der Waals surface area contributed by atoms with Crippen molar-refractivity contribution in [1.82, 2.24) is 24.8 Å². The number of nitrogens with zero attached hydrogens (tertiary/aromatic N) is 7. The van der Waals surface area contributed by atoms with Gasteiger partial charge in [-0.25, -0.2) is 24.5 Å². The van der Waals surface area contributed by atoms with E-state index in [1.807, 2.05) is 39.1 Å². The van der Waals surface area contributed by atoms with E-state index >= 15 is 0 Å². The van der Waals surface area contributed by atoms with Gasteiger partial charge in [-0.3, -0.25) is 0 Å². The maximum absolute atomic E-state index is 12.8. The number of aromatic nitrogens is 4. The molecule has 2 aliphatic rings. The van der Waals surface area contributed by atoms with Crippen LogP contribution in [0.4, 0.5) is 22.5 Å². The van der Waals surface area contributed by atoms with Crippen molar-refractivity contribution < 1.29 is 23.5 Å². The van der Waals surface area contributed by atoms with E-state index in [4.69, 9.17) is 29.6 Å². The fourth-order valence-electron chi connectivity index (χ4n) is 7.26. The molecule has 0 aliphatic carbocycles. The Balaban J connectivity index is 1.32. The summed E-state index contributed by atoms with van der Waals surface area (Å²) in [5.41, 5.74) is 7.72. The third-order valence-corrected chi connectivity index (χ3v) is 14.8. The summed E-state index contributed by atoms with van der Waals surface area (Å²) in [5, 5.41) is 2.13. The van der Waals surface area contributed by atoms with Crippen LogP contribution in [0.15, 0.2) is 73.1 Å². The minimum absolute atomic E-state index is 0.0611. The first-order valence-corrected chi connectivity index (χ1v) is 20.5. The molecule has 54 heavy (non-hydrogen) atoms. The summed E-state index contributed by atoms with van der Waals surface area (Å²) in [5.74, 6) is 0.528. The van der Waals surface area contributed by atoms with Gasteiger partial charge >= 0.3 is 12.1 Å². The van der Waals surface area contributed by atoms with Gasteiger partial charge in [-0.2, -0.15) is 4.98 Å². The van der Waals surface area contributed by atoms with Crippen molar-refractivity contribution >= 4 is 48.5 Å². The molecule has 0 radical (unpaired) electrons. The van der Waals surface area contributed by atoms with E-state index in [0.717, 1.165) is 11.3 Å². The molecule has 1 fully saturated rings. The Morgan fingerprint density at radius 1 is 0.870 bits per heavy atom. The molecule has 1 unspecified atom stereocenters. The van der Waals surface area contributed by atoms with Crippen LogP contribution in [0.3, 0.4) is 0 Å². The number of hydrogen-bond donors (Lipinski definition) is 1. The van der Waals surface area contributed by atoms with E-state index in [0.29, 0.717) is 57.6 Å². The number of fused-ring (bicyclic) bond motifs is 1. The summed E-state index contributed by atoms with van der Waals surface area (Å²) < 4.78 is 18.2. The molecule has 2 aromatic carbocycles. The van der Waals surface area contributed by atoms with Gasteiger partial charge in [-0.1, -0.05) is 81.4 Å². The number of hydrogen-bond acceptors (Lipinski definition) is 12. The molecular formula is C40H52N8O5Si. The molecule has 4 aromatic rings. The number of nitrogen functional groups attached to an aromatic ring is 1. The van der Waals surface area contributed by atoms with E-state index < -0.39 is 19.9 Å². The molecule has 2 aliphatic heterocycles. The molecule has 6 rings (SSSR count). The topological polar surface area (TPSA) is 149 Å². The van der Waals surface area contributed by atoms with E-state index in [1.165, 1.54) is 16.6 Å². The minimum Gasteiger partial charge on any atom is -0.462 e. The van der Waals surface area contributed by atoms with Crippen molar-refractivity contribution in [2.75, 3.05) is 54.9 Å². The van der Waals surface area contributed by atoms with E-state index in [9.17, 15) is 9.59 Å². The Morgan fingerprint density at radius 3 is 2.11 bits per heavy atom. The number of ether oxygens (including phenoxy) is 2. The van der Waals surface area contributed by atoms with Gasteiger partial charge in [0.2, 0.25) is 11.9 Å². The first-order valence-electron chi connectivity index (χ1n) is 18.6. The van der Waals surface area contributed by atoms with Crippen LogP contribution < -0.4 is 25.9 Å². The average molecular weight is 753 g/mol. The lowest BCUT2D eigenvalue weighted by Gasteiger charge is -2.46. The van der Waals surface area contributed by atoms with Gasteiger partial charge in [-0.15, -0.1) is 0 Å². The predicted molar refractivity (Wildman–Crippen MR) is 212 cm³/mol. The van der Waals surface area contributed by atoms with Crippen LogP contribution in [0.25, 0.3) is 0 Å². The molecule has 0 spiro atoms. The van der Waals surface area contributed by atoms with Gasteiger partial charge in [-0.05, 0) is 43.1 Å². The van der Waals surface area contributed by atoms with Crippen LogP contribution in [0.2, 0.25) is 5.04 Å². The second-order valence-electron chi connectivity index (χ2n) is 15.8. The summed E-state index contributed by atoms with van der Waals surface area (Å²) in [6.45, 7) is 17.2. The Hall–Kier alpha value is -5.08. The van der Waals surface area contributed by atoms with Gasteiger partial charge in [0, 0.05) is 50.6 Å². The second kappa shape index (κ2) is 15.7. The number of amides is 1. The number of rotatable bonds is 9. The third kappa shape index (κ3) is 8.19. The molecule has 13 nitrogen and oxygen atoms in total. The molecule has 2 aromatic heterocycles. The number of anilines is 3. The Morgan fingerprint density at radius 2 is 1.52 bits per heavy atom. The van der Waals surface area contributed by atoms with Gasteiger partial charge in [0.05, 0.1) is 31.5 Å². The molecule has 1 amide bonds. The van der Waals surface area contributed by atoms with Crippen LogP contribution in [0.5, 0.6) is 0 Å². The molecule has 4 heterocycles. The number of piperazine rings is 1. The predicted octanol–water partition coefficient (Wildman–Crippen LogP) is 4.59. The smallest absolute Gasteiger partial charge is 0.410 e. The SMILES string of the molecule is CCOC(=O)c1cnc(N2CCN(c3ncc4c(n3)CCN(C(=O)OC(C)(C)C)C4)CC2CO[Si](c2ccccc2)(c2ccccc2)C(C)(C)C)nc1N. The first-order chi connectivity index (χ1) is 25.7. The summed E-state index contributed by atoms with van der Waals surface area (Å²) in [7, 11) is -2.91. The molecule has 1 atom stereocenters. The van der Waals surface area contributed by atoms with Crippen molar-refractivity contribution in [3.63, 3.8) is 0 Å². The first kappa shape index (κ1) is 38.6. The van der Waals surface area contributed by atoms with Crippen molar-refractivity contribution in [1.29, 1.82) is 0 Å². The molecule has 0 bridgehead atoms.